The molecule has 1 aromatic rings. The fourth-order valence-corrected chi connectivity index (χ4v) is 3.25. The van der Waals surface area contributed by atoms with Gasteiger partial charge in [0.15, 0.2) is 0 Å². The molecule has 0 amide bonds. The molecule has 2 rings (SSSR count). The Morgan fingerprint density at radius 2 is 2.22 bits per heavy atom. The van der Waals surface area contributed by atoms with E-state index in [0.717, 1.165) is 45.3 Å². The Labute approximate surface area is 112 Å². The van der Waals surface area contributed by atoms with E-state index < -0.39 is 5.97 Å². The number of carboxylic acids is 1. The van der Waals surface area contributed by atoms with Gasteiger partial charge in [-0.2, -0.15) is 0 Å². The van der Waals surface area contributed by atoms with Crippen molar-refractivity contribution in [2.75, 3.05) is 19.6 Å². The van der Waals surface area contributed by atoms with Gasteiger partial charge in [-0.3, -0.25) is 4.79 Å². The van der Waals surface area contributed by atoms with Crippen LogP contribution in [0.3, 0.4) is 0 Å². The summed E-state index contributed by atoms with van der Waals surface area (Å²) in [6.45, 7) is 3.41. The third-order valence-corrected chi connectivity index (χ3v) is 4.66. The van der Waals surface area contributed by atoms with Crippen LogP contribution in [-0.2, 0) is 11.2 Å². The first-order valence-electron chi connectivity index (χ1n) is 6.70. The topological polar surface area (TPSA) is 40.5 Å². The highest BCUT2D eigenvalue weighted by Crippen LogP contribution is 2.22. The highest BCUT2D eigenvalue weighted by Gasteiger charge is 2.19. The van der Waals surface area contributed by atoms with Crippen molar-refractivity contribution in [3.8, 4) is 0 Å². The number of likely N-dealkylation sites (tertiary alicyclic amines) is 1. The van der Waals surface area contributed by atoms with Crippen LogP contribution in [-0.4, -0.2) is 35.6 Å². The Morgan fingerprint density at radius 1 is 1.44 bits per heavy atom. The van der Waals surface area contributed by atoms with E-state index in [2.05, 4.69) is 22.4 Å². The van der Waals surface area contributed by atoms with Crippen LogP contribution < -0.4 is 0 Å². The monoisotopic (exact) mass is 267 g/mol. The molecule has 2 heterocycles. The number of aliphatic carboxylic acids is 1. The van der Waals surface area contributed by atoms with Crippen LogP contribution in [0.1, 0.15) is 30.6 Å². The molecular formula is C14H21NO2S. The molecule has 0 aliphatic carbocycles. The largest absolute Gasteiger partial charge is 0.481 e. The smallest absolute Gasteiger partial charge is 0.303 e. The second kappa shape index (κ2) is 6.90. The van der Waals surface area contributed by atoms with Gasteiger partial charge in [0, 0.05) is 17.8 Å². The Kier molecular flexibility index (Phi) is 5.20. The Morgan fingerprint density at radius 3 is 2.83 bits per heavy atom. The van der Waals surface area contributed by atoms with Gasteiger partial charge in [0.25, 0.3) is 0 Å². The van der Waals surface area contributed by atoms with Crippen LogP contribution in [0.15, 0.2) is 17.5 Å². The summed E-state index contributed by atoms with van der Waals surface area (Å²) in [4.78, 5) is 14.5. The Hall–Kier alpha value is -0.870. The van der Waals surface area contributed by atoms with E-state index in [-0.39, 0.29) is 0 Å². The predicted molar refractivity (Wildman–Crippen MR) is 74.1 cm³/mol. The number of carbonyl (C=O) groups is 1. The van der Waals surface area contributed by atoms with Gasteiger partial charge in [-0.15, -0.1) is 11.3 Å². The van der Waals surface area contributed by atoms with E-state index in [0.29, 0.717) is 12.3 Å². The molecule has 1 fully saturated rings. The van der Waals surface area contributed by atoms with Crippen LogP contribution in [0.2, 0.25) is 0 Å². The zero-order valence-electron chi connectivity index (χ0n) is 10.7. The lowest BCUT2D eigenvalue weighted by Gasteiger charge is -2.31. The first kappa shape index (κ1) is 13.6. The van der Waals surface area contributed by atoms with Crippen molar-refractivity contribution in [1.29, 1.82) is 0 Å². The summed E-state index contributed by atoms with van der Waals surface area (Å²) in [5.41, 5.74) is 0. The minimum Gasteiger partial charge on any atom is -0.481 e. The van der Waals surface area contributed by atoms with Gasteiger partial charge in [-0.1, -0.05) is 6.07 Å². The van der Waals surface area contributed by atoms with Gasteiger partial charge in [0.1, 0.15) is 0 Å². The van der Waals surface area contributed by atoms with E-state index >= 15 is 0 Å². The van der Waals surface area contributed by atoms with E-state index in [1.807, 2.05) is 11.3 Å². The third kappa shape index (κ3) is 4.42. The molecular weight excluding hydrogens is 246 g/mol. The number of hydrogen-bond donors (Lipinski definition) is 1. The van der Waals surface area contributed by atoms with Crippen LogP contribution in [0.25, 0.3) is 0 Å². The van der Waals surface area contributed by atoms with Crippen LogP contribution >= 0.6 is 11.3 Å². The highest BCUT2D eigenvalue weighted by atomic mass is 32.1. The number of nitrogens with zero attached hydrogens (tertiary/aromatic N) is 1. The fourth-order valence-electron chi connectivity index (χ4n) is 2.55. The van der Waals surface area contributed by atoms with Crippen LogP contribution in [0.5, 0.6) is 0 Å². The van der Waals surface area contributed by atoms with Crippen LogP contribution in [0, 0.1) is 5.92 Å². The van der Waals surface area contributed by atoms with Crippen molar-refractivity contribution in [3.63, 3.8) is 0 Å². The lowest BCUT2D eigenvalue weighted by atomic mass is 9.92. The number of carboxylic acid groups (broad SMARTS) is 1. The van der Waals surface area contributed by atoms with Crippen LogP contribution in [0.4, 0.5) is 0 Å². The molecule has 1 aromatic heterocycles. The average molecular weight is 267 g/mol. The Balaban J connectivity index is 1.62. The number of hydrogen-bond acceptors (Lipinski definition) is 3. The quantitative estimate of drug-likeness (QED) is 0.861. The first-order valence-corrected chi connectivity index (χ1v) is 7.58. The van der Waals surface area contributed by atoms with Gasteiger partial charge in [-0.05, 0) is 56.1 Å². The SMILES string of the molecule is O=C(O)CCC1CCN(CCc2cccs2)CC1. The molecule has 1 aliphatic heterocycles. The minimum atomic E-state index is -0.657. The van der Waals surface area contributed by atoms with E-state index in [9.17, 15) is 4.79 Å². The molecule has 18 heavy (non-hydrogen) atoms. The van der Waals surface area contributed by atoms with Crippen molar-refractivity contribution in [3.05, 3.63) is 22.4 Å². The normalized spacial score (nSPS) is 18.0. The van der Waals surface area contributed by atoms with Crippen molar-refractivity contribution in [2.24, 2.45) is 5.92 Å². The first-order chi connectivity index (χ1) is 8.74. The summed E-state index contributed by atoms with van der Waals surface area (Å²) >= 11 is 1.83. The molecule has 0 unspecified atom stereocenters. The minimum absolute atomic E-state index is 0.333. The molecule has 0 saturated carbocycles. The van der Waals surface area contributed by atoms with E-state index in [1.165, 1.54) is 4.88 Å². The number of piperidine rings is 1. The summed E-state index contributed by atoms with van der Waals surface area (Å²) < 4.78 is 0. The molecule has 0 atom stereocenters. The van der Waals surface area contributed by atoms with Crippen molar-refractivity contribution in [1.82, 2.24) is 4.90 Å². The maximum Gasteiger partial charge on any atom is 0.303 e. The third-order valence-electron chi connectivity index (χ3n) is 3.73. The van der Waals surface area contributed by atoms with Gasteiger partial charge in [-0.25, -0.2) is 0 Å². The molecule has 4 heteroatoms. The second-order valence-corrected chi connectivity index (χ2v) is 6.08. The summed E-state index contributed by atoms with van der Waals surface area (Å²) in [6, 6.07) is 4.31. The average Bonchev–Trinajstić information content (AvgIpc) is 2.88. The van der Waals surface area contributed by atoms with Gasteiger partial charge in [0.05, 0.1) is 0 Å². The molecule has 0 bridgehead atoms. The van der Waals surface area contributed by atoms with Gasteiger partial charge < -0.3 is 10.0 Å². The maximum atomic E-state index is 10.5. The summed E-state index contributed by atoms with van der Waals surface area (Å²) in [6.07, 6.45) is 4.67. The van der Waals surface area contributed by atoms with Crippen molar-refractivity contribution in [2.45, 2.75) is 32.1 Å². The van der Waals surface area contributed by atoms with E-state index in [1.54, 1.807) is 0 Å². The lowest BCUT2D eigenvalue weighted by molar-refractivity contribution is -0.137. The highest BCUT2D eigenvalue weighted by molar-refractivity contribution is 7.09. The fraction of sp³-hybridized carbons (Fsp3) is 0.643. The molecule has 3 nitrogen and oxygen atoms in total. The van der Waals surface area contributed by atoms with E-state index in [4.69, 9.17) is 5.11 Å². The molecule has 1 saturated heterocycles. The molecule has 0 aromatic carbocycles. The van der Waals surface area contributed by atoms with Gasteiger partial charge in [0.2, 0.25) is 0 Å². The predicted octanol–water partition coefficient (Wildman–Crippen LogP) is 2.87. The molecule has 0 spiro atoms. The zero-order chi connectivity index (χ0) is 12.8. The molecule has 100 valence electrons. The number of thiophene rings is 1. The number of rotatable bonds is 6. The van der Waals surface area contributed by atoms with Crippen molar-refractivity contribution >= 4 is 17.3 Å². The zero-order valence-corrected chi connectivity index (χ0v) is 11.5. The summed E-state index contributed by atoms with van der Waals surface area (Å²) in [7, 11) is 0. The molecule has 1 aliphatic rings. The van der Waals surface area contributed by atoms with Crippen molar-refractivity contribution < 1.29 is 9.90 Å². The summed E-state index contributed by atoms with van der Waals surface area (Å²) in [5, 5.41) is 10.8. The Bertz CT molecular complexity index is 356. The lowest BCUT2D eigenvalue weighted by Crippen LogP contribution is -2.35. The second-order valence-electron chi connectivity index (χ2n) is 5.05. The summed E-state index contributed by atoms with van der Waals surface area (Å²) in [5.74, 6) is -0.0331. The van der Waals surface area contributed by atoms with Gasteiger partial charge >= 0.3 is 5.97 Å². The standard InChI is InChI=1S/C14H21NO2S/c16-14(17)4-3-12-5-8-15(9-6-12)10-7-13-2-1-11-18-13/h1-2,11-12H,3-10H2,(H,16,17). The molecule has 1 N–H and O–H groups in total. The maximum absolute atomic E-state index is 10.5. The molecule has 0 radical (unpaired) electrons.